The summed E-state index contributed by atoms with van der Waals surface area (Å²) >= 11 is 0. The van der Waals surface area contributed by atoms with E-state index in [0.717, 1.165) is 0 Å². The number of nitrogens with zero attached hydrogens (tertiary/aromatic N) is 2. The Morgan fingerprint density at radius 1 is 0.471 bits per heavy atom. The Morgan fingerprint density at radius 2 is 0.706 bits per heavy atom. The van der Waals surface area contributed by atoms with E-state index in [1.54, 1.807) is 24.8 Å². The zero-order valence-electron chi connectivity index (χ0n) is 10.4. The molecule has 0 saturated carbocycles. The predicted molar refractivity (Wildman–Crippen MR) is 67.7 cm³/mol. The zero-order chi connectivity index (χ0) is 8.49. The minimum atomic E-state index is 0. The molecule has 0 aromatic carbocycles. The molecule has 0 bridgehead atoms. The fourth-order valence-electron chi connectivity index (χ4n) is 0.625. The van der Waals surface area contributed by atoms with Crippen LogP contribution in [-0.2, 0) is 21.1 Å². The Morgan fingerprint density at radius 3 is 0.765 bits per heavy atom. The van der Waals surface area contributed by atoms with Crippen LogP contribution in [0.4, 0.5) is 0 Å². The number of halogens is 1. The first kappa shape index (κ1) is 30.1. The van der Waals surface area contributed by atoms with Gasteiger partial charge in [0.2, 0.25) is 0 Å². The second kappa shape index (κ2) is 24.8. The first-order chi connectivity index (χ1) is 6.00. The summed E-state index contributed by atoms with van der Waals surface area (Å²) in [6, 6.07) is 11.4. The van der Waals surface area contributed by atoms with Crippen LogP contribution in [-0.4, -0.2) is 9.97 Å². The van der Waals surface area contributed by atoms with Gasteiger partial charge in [-0.05, 0) is 24.3 Å². The molecule has 17 heavy (non-hydrogen) atoms. The summed E-state index contributed by atoms with van der Waals surface area (Å²) in [5.74, 6) is 0. The largest absolute Gasteiger partial charge is 4.00 e. The van der Waals surface area contributed by atoms with Gasteiger partial charge < -0.3 is 46.3 Å². The molecule has 0 N–H and O–H groups in total. The van der Waals surface area contributed by atoms with Gasteiger partial charge in [0.05, 0.1) is 0 Å². The molecule has 98 valence electrons. The van der Waals surface area contributed by atoms with Crippen molar-refractivity contribution in [2.45, 2.75) is 0 Å². The van der Waals surface area contributed by atoms with Gasteiger partial charge in [0.15, 0.2) is 0 Å². The maximum atomic E-state index is 3.78. The summed E-state index contributed by atoms with van der Waals surface area (Å²) in [4.78, 5) is 7.57. The molecule has 2 aromatic heterocycles. The molecular formula is C13H19IN2Pt. The molecule has 4 heteroatoms. The van der Waals surface area contributed by atoms with Crippen LogP contribution in [0, 0.1) is 22.3 Å². The molecule has 0 aliphatic heterocycles. The molecule has 2 rings (SSSR count). The van der Waals surface area contributed by atoms with Gasteiger partial charge in [-0.2, -0.15) is 0 Å². The molecule has 0 aliphatic carbocycles. The van der Waals surface area contributed by atoms with Gasteiger partial charge >= 0.3 is 21.1 Å². The van der Waals surface area contributed by atoms with E-state index in [1.165, 1.54) is 0 Å². The summed E-state index contributed by atoms with van der Waals surface area (Å²) in [7, 11) is 0. The third kappa shape index (κ3) is 21.5. The third-order valence-corrected chi connectivity index (χ3v) is 1.13. The monoisotopic (exact) mass is 525 g/mol. The van der Waals surface area contributed by atoms with Crippen LogP contribution in [0.5, 0.6) is 0 Å². The molecule has 2 aromatic rings. The minimum Gasteiger partial charge on any atom is -1.00 e. The molecule has 0 fully saturated rings. The van der Waals surface area contributed by atoms with Crippen molar-refractivity contribution < 1.29 is 45.0 Å². The van der Waals surface area contributed by atoms with Crippen molar-refractivity contribution in [1.82, 2.24) is 9.97 Å². The first-order valence-corrected chi connectivity index (χ1v) is 3.70. The van der Waals surface area contributed by atoms with Crippen LogP contribution in [0.15, 0.2) is 61.2 Å². The van der Waals surface area contributed by atoms with Crippen molar-refractivity contribution >= 4 is 0 Å². The molecule has 0 unspecified atom stereocenters. The van der Waals surface area contributed by atoms with E-state index in [9.17, 15) is 0 Å². The van der Waals surface area contributed by atoms with Crippen molar-refractivity contribution in [3.8, 4) is 0 Å². The quantitative estimate of drug-likeness (QED) is 0.371. The number of rotatable bonds is 0. The molecule has 2 heterocycles. The van der Waals surface area contributed by atoms with Gasteiger partial charge in [0, 0.05) is 24.8 Å². The number of pyridine rings is 2. The van der Waals surface area contributed by atoms with Crippen molar-refractivity contribution in [3.63, 3.8) is 0 Å². The molecule has 0 amide bonds. The summed E-state index contributed by atoms with van der Waals surface area (Å²) in [6.07, 6.45) is 7.00. The molecule has 2 nitrogen and oxygen atoms in total. The molecule has 0 radical (unpaired) electrons. The smallest absolute Gasteiger partial charge is 1.00 e. The fourth-order valence-corrected chi connectivity index (χ4v) is 0.625. The Balaban J connectivity index is -0.0000000436. The number of hydrogen-bond acceptors (Lipinski definition) is 2. The zero-order valence-corrected chi connectivity index (χ0v) is 14.8. The summed E-state index contributed by atoms with van der Waals surface area (Å²) in [5.41, 5.74) is 0. The van der Waals surface area contributed by atoms with Gasteiger partial charge in [-0.3, -0.25) is 9.97 Å². The van der Waals surface area contributed by atoms with E-state index in [2.05, 4.69) is 9.97 Å². The van der Waals surface area contributed by atoms with Gasteiger partial charge in [0.1, 0.15) is 0 Å². The third-order valence-electron chi connectivity index (χ3n) is 1.13. The van der Waals surface area contributed by atoms with Crippen molar-refractivity contribution in [1.29, 1.82) is 0 Å². The number of aromatic nitrogens is 2. The van der Waals surface area contributed by atoms with Crippen molar-refractivity contribution in [2.75, 3.05) is 0 Å². The standard InChI is InChI=1S/2C5H5N.3CH3.HI.Pt/c2*1-2-4-6-5-3-1;;;;;/h2*1-5H;3*1H3;1H;/q;;3*-1;;+4/p-1. The van der Waals surface area contributed by atoms with Gasteiger partial charge in [-0.15, -0.1) is 0 Å². The SMILES string of the molecule is [CH3-].[CH3-].[CH3-].[I-].[Pt+4].c1ccncc1.c1ccncc1. The molecule has 0 aliphatic rings. The van der Waals surface area contributed by atoms with E-state index in [1.807, 2.05) is 36.4 Å². The van der Waals surface area contributed by atoms with Crippen LogP contribution in [0.3, 0.4) is 0 Å². The topological polar surface area (TPSA) is 25.8 Å². The van der Waals surface area contributed by atoms with E-state index in [4.69, 9.17) is 0 Å². The first-order valence-electron chi connectivity index (χ1n) is 3.70. The molecule has 0 spiro atoms. The van der Waals surface area contributed by atoms with Gasteiger partial charge in [0.25, 0.3) is 0 Å². The minimum absolute atomic E-state index is 0. The van der Waals surface area contributed by atoms with Crippen LogP contribution in [0.2, 0.25) is 0 Å². The van der Waals surface area contributed by atoms with Gasteiger partial charge in [-0.25, -0.2) is 0 Å². The van der Waals surface area contributed by atoms with Crippen LogP contribution in [0.1, 0.15) is 0 Å². The predicted octanol–water partition coefficient (Wildman–Crippen LogP) is 0.516. The van der Waals surface area contributed by atoms with Crippen molar-refractivity contribution in [3.05, 3.63) is 83.5 Å². The van der Waals surface area contributed by atoms with Crippen LogP contribution in [0.25, 0.3) is 0 Å². The Kier molecular flexibility index (Phi) is 43.9. The van der Waals surface area contributed by atoms with Crippen LogP contribution < -0.4 is 24.0 Å². The molecular weight excluding hydrogens is 506 g/mol. The normalized spacial score (nSPS) is 5.65. The van der Waals surface area contributed by atoms with E-state index in [0.29, 0.717) is 0 Å². The average molecular weight is 525 g/mol. The average Bonchev–Trinajstić information content (AvgIpc) is 2.24. The fraction of sp³-hybridized carbons (Fsp3) is 0. The van der Waals surface area contributed by atoms with E-state index >= 15 is 0 Å². The molecule has 0 saturated heterocycles. The second-order valence-electron chi connectivity index (χ2n) is 2.05. The summed E-state index contributed by atoms with van der Waals surface area (Å²) in [6.45, 7) is 0. The Bertz CT molecular complexity index is 195. The van der Waals surface area contributed by atoms with Crippen molar-refractivity contribution in [2.24, 2.45) is 0 Å². The number of hydrogen-bond donors (Lipinski definition) is 0. The van der Waals surface area contributed by atoms with E-state index in [-0.39, 0.29) is 67.3 Å². The second-order valence-corrected chi connectivity index (χ2v) is 2.05. The Hall–Kier alpha value is -0.282. The van der Waals surface area contributed by atoms with E-state index < -0.39 is 0 Å². The van der Waals surface area contributed by atoms with Crippen LogP contribution >= 0.6 is 0 Å². The molecule has 0 atom stereocenters. The summed E-state index contributed by atoms with van der Waals surface area (Å²) in [5, 5.41) is 0. The maximum absolute atomic E-state index is 3.78. The van der Waals surface area contributed by atoms with Gasteiger partial charge in [-0.1, -0.05) is 12.1 Å². The maximum Gasteiger partial charge on any atom is 4.00 e. The Labute approximate surface area is 138 Å². The summed E-state index contributed by atoms with van der Waals surface area (Å²) < 4.78 is 0.